The van der Waals surface area contributed by atoms with Crippen LogP contribution in [0.2, 0.25) is 0 Å². The molecule has 6 heteroatoms. The molecule has 0 aliphatic heterocycles. The highest BCUT2D eigenvalue weighted by molar-refractivity contribution is 5.94. The number of pyridine rings is 1. The number of rotatable bonds is 8. The van der Waals surface area contributed by atoms with Crippen LogP contribution in [0.3, 0.4) is 0 Å². The molecule has 0 unspecified atom stereocenters. The second-order valence-electron chi connectivity index (χ2n) is 8.42. The molecule has 0 radical (unpaired) electrons. The Labute approximate surface area is 194 Å². The topological polar surface area (TPSA) is 71.8 Å². The highest BCUT2D eigenvalue weighted by Crippen LogP contribution is 2.20. The van der Waals surface area contributed by atoms with E-state index in [1.54, 1.807) is 23.1 Å². The molecule has 0 spiro atoms. The first-order chi connectivity index (χ1) is 16.0. The standard InChI is InChI=1S/C27H29N5O/c1-19-9-11-22(12-10-19)21(3)16-29-26(23-7-5-4-6-8-23)27(33)31-25-14-13-24(17-28-25)32-18-20(2)15-30-32/h4-15,17-18,21,26,29H,16H2,1-3H3,(H,28,31,33)/t21-,26-/m0/s1. The number of hydrogen-bond donors (Lipinski definition) is 2. The number of amides is 1. The van der Waals surface area contributed by atoms with Crippen LogP contribution in [0.15, 0.2) is 85.3 Å². The summed E-state index contributed by atoms with van der Waals surface area (Å²) in [7, 11) is 0. The summed E-state index contributed by atoms with van der Waals surface area (Å²) in [6.45, 7) is 6.90. The van der Waals surface area contributed by atoms with Crippen LogP contribution < -0.4 is 10.6 Å². The lowest BCUT2D eigenvalue weighted by atomic mass is 9.98. The lowest BCUT2D eigenvalue weighted by Crippen LogP contribution is -2.35. The predicted molar refractivity (Wildman–Crippen MR) is 132 cm³/mol. The van der Waals surface area contributed by atoms with Crippen LogP contribution in [0.5, 0.6) is 0 Å². The number of aromatic nitrogens is 3. The lowest BCUT2D eigenvalue weighted by Gasteiger charge is -2.21. The van der Waals surface area contributed by atoms with Crippen molar-refractivity contribution < 1.29 is 4.79 Å². The minimum Gasteiger partial charge on any atom is -0.309 e. The molecule has 6 nitrogen and oxygen atoms in total. The molecule has 0 fully saturated rings. The molecule has 2 atom stereocenters. The largest absolute Gasteiger partial charge is 0.309 e. The molecule has 2 N–H and O–H groups in total. The van der Waals surface area contributed by atoms with Crippen molar-refractivity contribution in [2.45, 2.75) is 32.7 Å². The molecule has 0 saturated heterocycles. The number of benzene rings is 2. The first-order valence-corrected chi connectivity index (χ1v) is 11.1. The Hall–Kier alpha value is -3.77. The van der Waals surface area contributed by atoms with E-state index in [1.165, 1.54) is 11.1 Å². The summed E-state index contributed by atoms with van der Waals surface area (Å²) in [5.74, 6) is 0.619. The van der Waals surface area contributed by atoms with Gasteiger partial charge in [-0.15, -0.1) is 0 Å². The molecule has 2 aromatic heterocycles. The fourth-order valence-electron chi connectivity index (χ4n) is 3.66. The van der Waals surface area contributed by atoms with Gasteiger partial charge in [-0.1, -0.05) is 67.1 Å². The number of nitrogens with zero attached hydrogens (tertiary/aromatic N) is 3. The van der Waals surface area contributed by atoms with Gasteiger partial charge in [0.1, 0.15) is 11.9 Å². The summed E-state index contributed by atoms with van der Waals surface area (Å²) in [5, 5.41) is 10.7. The second kappa shape index (κ2) is 10.2. The average Bonchev–Trinajstić information content (AvgIpc) is 3.27. The molecular formula is C27H29N5O. The molecule has 4 rings (SSSR count). The molecule has 0 aliphatic rings. The third-order valence-corrected chi connectivity index (χ3v) is 5.65. The quantitative estimate of drug-likeness (QED) is 0.407. The van der Waals surface area contributed by atoms with Crippen molar-refractivity contribution in [3.05, 3.63) is 108 Å². The van der Waals surface area contributed by atoms with E-state index in [0.717, 1.165) is 16.8 Å². The summed E-state index contributed by atoms with van der Waals surface area (Å²) in [5.41, 5.74) is 5.30. The fourth-order valence-corrected chi connectivity index (χ4v) is 3.66. The molecule has 33 heavy (non-hydrogen) atoms. The van der Waals surface area contributed by atoms with Gasteiger partial charge in [0.25, 0.3) is 0 Å². The number of carbonyl (C=O) groups is 1. The van der Waals surface area contributed by atoms with Crippen LogP contribution in [0, 0.1) is 13.8 Å². The number of anilines is 1. The van der Waals surface area contributed by atoms with Gasteiger partial charge in [-0.2, -0.15) is 5.10 Å². The Morgan fingerprint density at radius 3 is 2.30 bits per heavy atom. The summed E-state index contributed by atoms with van der Waals surface area (Å²) in [4.78, 5) is 17.6. The van der Waals surface area contributed by atoms with E-state index in [1.807, 2.05) is 49.5 Å². The zero-order valence-electron chi connectivity index (χ0n) is 19.2. The summed E-state index contributed by atoms with van der Waals surface area (Å²) < 4.78 is 1.76. The SMILES string of the molecule is Cc1ccc([C@@H](C)CN[C@H](C(=O)Nc2ccc(-n3cc(C)cn3)cn2)c2ccccc2)cc1. The second-order valence-corrected chi connectivity index (χ2v) is 8.42. The first-order valence-electron chi connectivity index (χ1n) is 11.1. The van der Waals surface area contributed by atoms with Gasteiger partial charge in [0.15, 0.2) is 0 Å². The zero-order chi connectivity index (χ0) is 23.2. The molecule has 2 heterocycles. The highest BCUT2D eigenvalue weighted by atomic mass is 16.2. The van der Waals surface area contributed by atoms with E-state index in [2.05, 4.69) is 58.8 Å². The van der Waals surface area contributed by atoms with E-state index < -0.39 is 6.04 Å². The minimum atomic E-state index is -0.491. The maximum atomic E-state index is 13.2. The van der Waals surface area contributed by atoms with Crippen molar-refractivity contribution in [3.8, 4) is 5.69 Å². The van der Waals surface area contributed by atoms with E-state index in [-0.39, 0.29) is 11.8 Å². The van der Waals surface area contributed by atoms with Gasteiger partial charge >= 0.3 is 0 Å². The monoisotopic (exact) mass is 439 g/mol. The van der Waals surface area contributed by atoms with Crippen LogP contribution in [-0.4, -0.2) is 27.2 Å². The Bertz CT molecular complexity index is 1180. The summed E-state index contributed by atoms with van der Waals surface area (Å²) >= 11 is 0. The minimum absolute atomic E-state index is 0.146. The van der Waals surface area contributed by atoms with Crippen molar-refractivity contribution in [2.75, 3.05) is 11.9 Å². The van der Waals surface area contributed by atoms with Crippen molar-refractivity contribution in [1.29, 1.82) is 0 Å². The van der Waals surface area contributed by atoms with Gasteiger partial charge in [0.05, 0.1) is 18.1 Å². The number of carbonyl (C=O) groups excluding carboxylic acids is 1. The highest BCUT2D eigenvalue weighted by Gasteiger charge is 2.21. The van der Waals surface area contributed by atoms with Gasteiger partial charge in [0, 0.05) is 12.7 Å². The Kier molecular flexibility index (Phi) is 6.95. The molecular weight excluding hydrogens is 410 g/mol. The van der Waals surface area contributed by atoms with Crippen molar-refractivity contribution >= 4 is 11.7 Å². The fraction of sp³-hybridized carbons (Fsp3) is 0.222. The van der Waals surface area contributed by atoms with Gasteiger partial charge in [-0.05, 0) is 48.6 Å². The van der Waals surface area contributed by atoms with Crippen LogP contribution in [-0.2, 0) is 4.79 Å². The molecule has 2 aromatic carbocycles. The Morgan fingerprint density at radius 2 is 1.67 bits per heavy atom. The van der Waals surface area contributed by atoms with Gasteiger partial charge < -0.3 is 10.6 Å². The lowest BCUT2D eigenvalue weighted by molar-refractivity contribution is -0.118. The van der Waals surface area contributed by atoms with Gasteiger partial charge in [0.2, 0.25) is 5.91 Å². The van der Waals surface area contributed by atoms with Crippen LogP contribution in [0.1, 0.15) is 41.1 Å². The van der Waals surface area contributed by atoms with Gasteiger partial charge in [-0.3, -0.25) is 4.79 Å². The molecule has 4 aromatic rings. The van der Waals surface area contributed by atoms with Crippen molar-refractivity contribution in [3.63, 3.8) is 0 Å². The third-order valence-electron chi connectivity index (χ3n) is 5.65. The van der Waals surface area contributed by atoms with E-state index in [4.69, 9.17) is 0 Å². The van der Waals surface area contributed by atoms with Crippen molar-refractivity contribution in [1.82, 2.24) is 20.1 Å². The smallest absolute Gasteiger partial charge is 0.247 e. The average molecular weight is 440 g/mol. The summed E-state index contributed by atoms with van der Waals surface area (Å²) in [6.07, 6.45) is 5.43. The van der Waals surface area contributed by atoms with E-state index in [0.29, 0.717) is 12.4 Å². The summed E-state index contributed by atoms with van der Waals surface area (Å²) in [6, 6.07) is 21.5. The van der Waals surface area contributed by atoms with E-state index >= 15 is 0 Å². The number of hydrogen-bond acceptors (Lipinski definition) is 4. The normalized spacial score (nSPS) is 12.8. The number of aryl methyl sites for hydroxylation is 2. The third kappa shape index (κ3) is 5.73. The van der Waals surface area contributed by atoms with E-state index in [9.17, 15) is 4.79 Å². The molecule has 1 amide bonds. The number of nitrogens with one attached hydrogen (secondary N) is 2. The Morgan fingerprint density at radius 1 is 0.909 bits per heavy atom. The molecule has 0 saturated carbocycles. The predicted octanol–water partition coefficient (Wildman–Crippen LogP) is 4.96. The molecule has 0 bridgehead atoms. The Balaban J connectivity index is 1.46. The van der Waals surface area contributed by atoms with Crippen molar-refractivity contribution in [2.24, 2.45) is 0 Å². The molecule has 168 valence electrons. The van der Waals surface area contributed by atoms with Crippen LogP contribution in [0.4, 0.5) is 5.82 Å². The maximum Gasteiger partial charge on any atom is 0.247 e. The zero-order valence-corrected chi connectivity index (χ0v) is 19.2. The van der Waals surface area contributed by atoms with Crippen LogP contribution >= 0.6 is 0 Å². The van der Waals surface area contributed by atoms with Gasteiger partial charge in [-0.25, -0.2) is 9.67 Å². The molecule has 0 aliphatic carbocycles. The first kappa shape index (κ1) is 22.4. The van der Waals surface area contributed by atoms with Crippen LogP contribution in [0.25, 0.3) is 5.69 Å². The maximum absolute atomic E-state index is 13.2.